The van der Waals surface area contributed by atoms with Crippen molar-refractivity contribution in [1.82, 2.24) is 5.32 Å². The summed E-state index contributed by atoms with van der Waals surface area (Å²) in [5.74, 6) is 4.97. The van der Waals surface area contributed by atoms with Crippen LogP contribution in [-0.2, 0) is 4.79 Å². The number of hydrogen-bond acceptors (Lipinski definition) is 2. The molecule has 30 heavy (non-hydrogen) atoms. The molecule has 5 heteroatoms. The van der Waals surface area contributed by atoms with Crippen LogP contribution in [0.2, 0.25) is 0 Å². The maximum absolute atomic E-state index is 11.8. The summed E-state index contributed by atoms with van der Waals surface area (Å²) in [4.78, 5) is 14.9. The lowest BCUT2D eigenvalue weighted by Gasteiger charge is -2.61. The number of azide groups is 1. The molecule has 0 saturated heterocycles. The molecule has 0 bridgehead atoms. The van der Waals surface area contributed by atoms with E-state index in [9.17, 15) is 4.79 Å². The Hall–Kier alpha value is -1.22. The number of fused-ring (bicyclic) bond motifs is 5. The smallest absolute Gasteiger partial charge is 0.219 e. The quantitative estimate of drug-likeness (QED) is 0.311. The molecule has 4 fully saturated rings. The second-order valence-corrected chi connectivity index (χ2v) is 11.7. The summed E-state index contributed by atoms with van der Waals surface area (Å²) in [6.07, 6.45) is 13.4. The van der Waals surface area contributed by atoms with Crippen molar-refractivity contribution in [3.8, 4) is 0 Å². The van der Waals surface area contributed by atoms with E-state index in [1.807, 2.05) is 0 Å². The fourth-order valence-corrected chi connectivity index (χ4v) is 9.07. The topological polar surface area (TPSA) is 77.9 Å². The third-order valence-corrected chi connectivity index (χ3v) is 10.7. The van der Waals surface area contributed by atoms with Crippen LogP contribution in [0.4, 0.5) is 0 Å². The van der Waals surface area contributed by atoms with E-state index in [0.29, 0.717) is 23.2 Å². The van der Waals surface area contributed by atoms with Crippen molar-refractivity contribution in [1.29, 1.82) is 0 Å². The van der Waals surface area contributed by atoms with E-state index in [4.69, 9.17) is 5.53 Å². The summed E-state index contributed by atoms with van der Waals surface area (Å²) in [7, 11) is 1.75. The van der Waals surface area contributed by atoms with Gasteiger partial charge in [-0.15, -0.1) is 0 Å². The lowest BCUT2D eigenvalue weighted by atomic mass is 9.44. The van der Waals surface area contributed by atoms with Gasteiger partial charge in [-0.3, -0.25) is 4.79 Å². The molecule has 0 aliphatic heterocycles. The molecule has 0 aromatic heterocycles. The lowest BCUT2D eigenvalue weighted by molar-refractivity contribution is -0.122. The summed E-state index contributed by atoms with van der Waals surface area (Å²) < 4.78 is 0. The van der Waals surface area contributed by atoms with Gasteiger partial charge in [-0.05, 0) is 116 Å². The number of nitrogens with zero attached hydrogens (tertiary/aromatic N) is 3. The minimum absolute atomic E-state index is 0.188. The summed E-state index contributed by atoms with van der Waals surface area (Å²) in [6.45, 7) is 7.60. The van der Waals surface area contributed by atoms with Crippen LogP contribution in [0, 0.1) is 46.3 Å². The van der Waals surface area contributed by atoms with Gasteiger partial charge in [0, 0.05) is 24.4 Å². The fourth-order valence-electron chi connectivity index (χ4n) is 9.07. The molecule has 4 rings (SSSR count). The molecule has 1 amide bonds. The first-order chi connectivity index (χ1) is 14.3. The van der Waals surface area contributed by atoms with Gasteiger partial charge in [0.2, 0.25) is 5.91 Å². The highest BCUT2D eigenvalue weighted by molar-refractivity contribution is 5.75. The van der Waals surface area contributed by atoms with Crippen molar-refractivity contribution < 1.29 is 4.79 Å². The number of amides is 1. The van der Waals surface area contributed by atoms with Crippen molar-refractivity contribution >= 4 is 5.91 Å². The molecule has 0 radical (unpaired) electrons. The highest BCUT2D eigenvalue weighted by Crippen LogP contribution is 2.68. The highest BCUT2D eigenvalue weighted by atomic mass is 16.1. The SMILES string of the molecule is CNC(=O)CC[C@@H](C)[C@H]1CC[C@H]2[C@@H]3CC[C@@H]4C[C@@H](N=[N+]=[N-])CC[C@]4(C)[C@H]3CC[C@]12C. The van der Waals surface area contributed by atoms with Crippen molar-refractivity contribution in [2.75, 3.05) is 7.05 Å². The molecule has 0 unspecified atom stereocenters. The van der Waals surface area contributed by atoms with E-state index in [0.717, 1.165) is 48.9 Å². The van der Waals surface area contributed by atoms with Crippen LogP contribution in [0.3, 0.4) is 0 Å². The average molecular weight is 415 g/mol. The van der Waals surface area contributed by atoms with E-state index >= 15 is 0 Å². The van der Waals surface area contributed by atoms with Gasteiger partial charge >= 0.3 is 0 Å². The van der Waals surface area contributed by atoms with Crippen molar-refractivity contribution in [2.45, 2.75) is 97.4 Å². The Morgan fingerprint density at radius 3 is 2.57 bits per heavy atom. The molecular formula is C25H42N4O. The fraction of sp³-hybridized carbons (Fsp3) is 0.960. The van der Waals surface area contributed by atoms with Crippen molar-refractivity contribution in [3.05, 3.63) is 10.4 Å². The zero-order valence-electron chi connectivity index (χ0n) is 19.6. The highest BCUT2D eigenvalue weighted by Gasteiger charge is 2.60. The Morgan fingerprint density at radius 1 is 1.10 bits per heavy atom. The number of rotatable bonds is 5. The zero-order chi connectivity index (χ0) is 21.5. The summed E-state index contributed by atoms with van der Waals surface area (Å²) >= 11 is 0. The van der Waals surface area contributed by atoms with E-state index in [1.165, 1.54) is 44.9 Å². The van der Waals surface area contributed by atoms with Crippen molar-refractivity contribution in [2.24, 2.45) is 51.5 Å². The standard InChI is InChI=1S/C25H42N4O/c1-16(5-10-23(30)27-4)20-8-9-21-19-7-6-17-15-18(28-29-26)11-13-24(17,2)22(19)12-14-25(20,21)3/h16-22H,5-15H2,1-4H3,(H,27,30)/t16-,17-,18+,19+,20-,21+,22+,24+,25-/m1/s1. The summed E-state index contributed by atoms with van der Waals surface area (Å²) in [5.41, 5.74) is 9.81. The molecule has 168 valence electrons. The molecule has 0 aromatic carbocycles. The average Bonchev–Trinajstić information content (AvgIpc) is 3.09. The monoisotopic (exact) mass is 414 g/mol. The zero-order valence-corrected chi connectivity index (χ0v) is 19.6. The Labute approximate surface area is 182 Å². The van der Waals surface area contributed by atoms with Crippen LogP contribution in [0.1, 0.15) is 91.4 Å². The van der Waals surface area contributed by atoms with E-state index in [1.54, 1.807) is 7.05 Å². The Bertz CT molecular complexity index is 703. The van der Waals surface area contributed by atoms with Crippen LogP contribution in [0.15, 0.2) is 5.11 Å². The number of carbonyl (C=O) groups excluding carboxylic acids is 1. The molecular weight excluding hydrogens is 372 g/mol. The third-order valence-electron chi connectivity index (χ3n) is 10.7. The number of carbonyl (C=O) groups is 1. The molecule has 1 N–H and O–H groups in total. The maximum atomic E-state index is 11.8. The molecule has 0 heterocycles. The Kier molecular flexibility index (Phi) is 6.14. The first-order valence-electron chi connectivity index (χ1n) is 12.6. The predicted molar refractivity (Wildman–Crippen MR) is 121 cm³/mol. The van der Waals surface area contributed by atoms with Crippen LogP contribution in [0.5, 0.6) is 0 Å². The molecule has 4 aliphatic rings. The first-order valence-corrected chi connectivity index (χ1v) is 12.6. The second kappa shape index (κ2) is 8.37. The van der Waals surface area contributed by atoms with E-state index in [-0.39, 0.29) is 11.9 Å². The van der Waals surface area contributed by atoms with Gasteiger partial charge in [-0.2, -0.15) is 0 Å². The Balaban J connectivity index is 1.47. The molecule has 0 aromatic rings. The van der Waals surface area contributed by atoms with Gasteiger partial charge in [-0.1, -0.05) is 25.9 Å². The minimum Gasteiger partial charge on any atom is -0.359 e. The number of hydrogen-bond donors (Lipinski definition) is 1. The van der Waals surface area contributed by atoms with Crippen LogP contribution in [0.25, 0.3) is 10.4 Å². The normalized spacial score (nSPS) is 46.0. The van der Waals surface area contributed by atoms with Gasteiger partial charge < -0.3 is 5.32 Å². The predicted octanol–water partition coefficient (Wildman–Crippen LogP) is 6.49. The minimum atomic E-state index is 0.188. The van der Waals surface area contributed by atoms with Gasteiger partial charge in [0.25, 0.3) is 0 Å². The Morgan fingerprint density at radius 2 is 1.83 bits per heavy atom. The van der Waals surface area contributed by atoms with Gasteiger partial charge in [0.05, 0.1) is 0 Å². The summed E-state index contributed by atoms with van der Waals surface area (Å²) in [5, 5.41) is 6.88. The maximum Gasteiger partial charge on any atom is 0.219 e. The number of nitrogens with one attached hydrogen (secondary N) is 1. The van der Waals surface area contributed by atoms with Crippen LogP contribution >= 0.6 is 0 Å². The summed E-state index contributed by atoms with van der Waals surface area (Å²) in [6, 6.07) is 0.232. The van der Waals surface area contributed by atoms with E-state index < -0.39 is 0 Å². The van der Waals surface area contributed by atoms with Gasteiger partial charge in [0.1, 0.15) is 0 Å². The first kappa shape index (κ1) is 22.0. The molecule has 0 spiro atoms. The largest absolute Gasteiger partial charge is 0.359 e. The molecule has 9 atom stereocenters. The van der Waals surface area contributed by atoms with Crippen molar-refractivity contribution in [3.63, 3.8) is 0 Å². The molecule has 4 aliphatic carbocycles. The second-order valence-electron chi connectivity index (χ2n) is 11.7. The van der Waals surface area contributed by atoms with E-state index in [2.05, 4.69) is 36.1 Å². The van der Waals surface area contributed by atoms with Gasteiger partial charge in [0.15, 0.2) is 0 Å². The van der Waals surface area contributed by atoms with Crippen LogP contribution < -0.4 is 5.32 Å². The molecule has 5 nitrogen and oxygen atoms in total. The van der Waals surface area contributed by atoms with Gasteiger partial charge in [-0.25, -0.2) is 0 Å². The molecule has 4 saturated carbocycles. The lowest BCUT2D eigenvalue weighted by Crippen LogP contribution is -2.54. The van der Waals surface area contributed by atoms with Crippen LogP contribution in [-0.4, -0.2) is 19.0 Å². The third kappa shape index (κ3) is 3.55.